The Morgan fingerprint density at radius 3 is 2.50 bits per heavy atom. The molecule has 0 saturated carbocycles. The fraction of sp³-hybridized carbons (Fsp3) is 0.375. The molecule has 4 nitrogen and oxygen atoms in total. The summed E-state index contributed by atoms with van der Waals surface area (Å²) in [7, 11) is 1.59. The first-order valence-corrected chi connectivity index (χ1v) is 6.83. The predicted octanol–water partition coefficient (Wildman–Crippen LogP) is 2.80. The molecule has 2 aromatic rings. The third-order valence-electron chi connectivity index (χ3n) is 3.31. The van der Waals surface area contributed by atoms with Crippen molar-refractivity contribution in [1.29, 1.82) is 0 Å². The number of aromatic nitrogens is 2. The zero-order valence-electron chi connectivity index (χ0n) is 12.5. The molecule has 1 aromatic carbocycles. The van der Waals surface area contributed by atoms with Crippen molar-refractivity contribution in [2.75, 3.05) is 13.7 Å². The standard InChI is InChI=1S/C16H21N3O/c1-5-17-16(13-7-6-11(2)10-12(13)3)14-8-9-15(20-4)19-18-14/h6-10,16-17H,5H2,1-4H3. The lowest BCUT2D eigenvalue weighted by Crippen LogP contribution is -2.24. The average molecular weight is 271 g/mol. The number of methoxy groups -OCH3 is 1. The van der Waals surface area contributed by atoms with E-state index in [4.69, 9.17) is 4.74 Å². The Kier molecular flexibility index (Phi) is 4.69. The van der Waals surface area contributed by atoms with Crippen molar-refractivity contribution in [1.82, 2.24) is 15.5 Å². The Morgan fingerprint density at radius 1 is 1.15 bits per heavy atom. The molecule has 1 N–H and O–H groups in total. The second kappa shape index (κ2) is 6.48. The lowest BCUT2D eigenvalue weighted by molar-refractivity contribution is 0.390. The fourth-order valence-electron chi connectivity index (χ4n) is 2.32. The summed E-state index contributed by atoms with van der Waals surface area (Å²) in [5.74, 6) is 0.532. The predicted molar refractivity (Wildman–Crippen MR) is 80.0 cm³/mol. The molecule has 0 radical (unpaired) electrons. The van der Waals surface area contributed by atoms with Crippen LogP contribution in [0.3, 0.4) is 0 Å². The summed E-state index contributed by atoms with van der Waals surface area (Å²) in [5, 5.41) is 11.8. The quantitative estimate of drug-likeness (QED) is 0.908. The number of ether oxygens (including phenoxy) is 1. The van der Waals surface area contributed by atoms with Gasteiger partial charge in [-0.05, 0) is 37.6 Å². The average Bonchev–Trinajstić information content (AvgIpc) is 2.46. The summed E-state index contributed by atoms with van der Waals surface area (Å²) in [6.45, 7) is 7.19. The van der Waals surface area contributed by atoms with Crippen molar-refractivity contribution < 1.29 is 4.74 Å². The Hall–Kier alpha value is -1.94. The number of nitrogens with zero attached hydrogens (tertiary/aromatic N) is 2. The third-order valence-corrected chi connectivity index (χ3v) is 3.31. The maximum atomic E-state index is 5.06. The Morgan fingerprint density at radius 2 is 1.95 bits per heavy atom. The molecule has 0 aliphatic heterocycles. The molecule has 0 aliphatic rings. The molecule has 1 aromatic heterocycles. The molecule has 106 valence electrons. The van der Waals surface area contributed by atoms with Crippen LogP contribution in [0.5, 0.6) is 5.88 Å². The highest BCUT2D eigenvalue weighted by Crippen LogP contribution is 2.24. The molecule has 1 atom stereocenters. The van der Waals surface area contributed by atoms with Crippen LogP contribution in [0.1, 0.15) is 35.3 Å². The van der Waals surface area contributed by atoms with Crippen LogP contribution < -0.4 is 10.1 Å². The van der Waals surface area contributed by atoms with Gasteiger partial charge in [0.25, 0.3) is 0 Å². The first kappa shape index (κ1) is 14.5. The van der Waals surface area contributed by atoms with E-state index in [1.165, 1.54) is 16.7 Å². The van der Waals surface area contributed by atoms with Gasteiger partial charge in [-0.15, -0.1) is 10.2 Å². The molecule has 1 unspecified atom stereocenters. The zero-order valence-corrected chi connectivity index (χ0v) is 12.5. The highest BCUT2D eigenvalue weighted by atomic mass is 16.5. The summed E-state index contributed by atoms with van der Waals surface area (Å²) in [4.78, 5) is 0. The van der Waals surface area contributed by atoms with E-state index in [0.29, 0.717) is 5.88 Å². The molecule has 0 aliphatic carbocycles. The number of hydrogen-bond donors (Lipinski definition) is 1. The van der Waals surface area contributed by atoms with E-state index in [1.807, 2.05) is 12.1 Å². The smallest absolute Gasteiger partial charge is 0.233 e. The molecule has 0 amide bonds. The van der Waals surface area contributed by atoms with Gasteiger partial charge in [0.05, 0.1) is 18.8 Å². The first-order chi connectivity index (χ1) is 9.65. The largest absolute Gasteiger partial charge is 0.480 e. The van der Waals surface area contributed by atoms with Gasteiger partial charge < -0.3 is 10.1 Å². The molecule has 0 bridgehead atoms. The van der Waals surface area contributed by atoms with Crippen molar-refractivity contribution in [3.8, 4) is 5.88 Å². The monoisotopic (exact) mass is 271 g/mol. The van der Waals surface area contributed by atoms with Gasteiger partial charge in [-0.2, -0.15) is 0 Å². The van der Waals surface area contributed by atoms with Crippen molar-refractivity contribution in [2.45, 2.75) is 26.8 Å². The van der Waals surface area contributed by atoms with Crippen molar-refractivity contribution >= 4 is 0 Å². The maximum Gasteiger partial charge on any atom is 0.233 e. The Balaban J connectivity index is 2.38. The minimum Gasteiger partial charge on any atom is -0.480 e. The van der Waals surface area contributed by atoms with Crippen LogP contribution in [-0.2, 0) is 0 Å². The topological polar surface area (TPSA) is 47.0 Å². The summed E-state index contributed by atoms with van der Waals surface area (Å²) in [5.41, 5.74) is 4.66. The number of aryl methyl sites for hydroxylation is 2. The molecular weight excluding hydrogens is 250 g/mol. The minimum atomic E-state index is 0.0546. The van der Waals surface area contributed by atoms with E-state index in [1.54, 1.807) is 7.11 Å². The van der Waals surface area contributed by atoms with Gasteiger partial charge in [-0.25, -0.2) is 0 Å². The molecule has 20 heavy (non-hydrogen) atoms. The summed E-state index contributed by atoms with van der Waals surface area (Å²) >= 11 is 0. The van der Waals surface area contributed by atoms with E-state index in [2.05, 4.69) is 54.5 Å². The third kappa shape index (κ3) is 3.14. The Labute approximate surface area is 120 Å². The van der Waals surface area contributed by atoms with Crippen LogP contribution >= 0.6 is 0 Å². The van der Waals surface area contributed by atoms with E-state index in [0.717, 1.165) is 12.2 Å². The summed E-state index contributed by atoms with van der Waals surface area (Å²) in [6, 6.07) is 10.3. The van der Waals surface area contributed by atoms with E-state index < -0.39 is 0 Å². The van der Waals surface area contributed by atoms with Crippen LogP contribution in [0.15, 0.2) is 30.3 Å². The molecular formula is C16H21N3O. The minimum absolute atomic E-state index is 0.0546. The van der Waals surface area contributed by atoms with Gasteiger partial charge in [-0.1, -0.05) is 30.7 Å². The van der Waals surface area contributed by atoms with Crippen molar-refractivity contribution in [3.05, 3.63) is 52.7 Å². The van der Waals surface area contributed by atoms with Gasteiger partial charge in [0.1, 0.15) is 0 Å². The fourth-order valence-corrected chi connectivity index (χ4v) is 2.32. The van der Waals surface area contributed by atoms with Gasteiger partial charge in [0, 0.05) is 6.07 Å². The summed E-state index contributed by atoms with van der Waals surface area (Å²) < 4.78 is 5.06. The molecule has 2 rings (SSSR count). The van der Waals surface area contributed by atoms with Crippen LogP contribution in [0.25, 0.3) is 0 Å². The zero-order chi connectivity index (χ0) is 14.5. The van der Waals surface area contributed by atoms with E-state index in [9.17, 15) is 0 Å². The van der Waals surface area contributed by atoms with Gasteiger partial charge in [0.2, 0.25) is 5.88 Å². The molecule has 0 saturated heterocycles. The number of benzene rings is 1. The van der Waals surface area contributed by atoms with Crippen LogP contribution in [-0.4, -0.2) is 23.9 Å². The van der Waals surface area contributed by atoms with Crippen LogP contribution in [0.2, 0.25) is 0 Å². The second-order valence-corrected chi connectivity index (χ2v) is 4.85. The highest BCUT2D eigenvalue weighted by Gasteiger charge is 2.17. The summed E-state index contributed by atoms with van der Waals surface area (Å²) in [6.07, 6.45) is 0. The van der Waals surface area contributed by atoms with Crippen molar-refractivity contribution in [3.63, 3.8) is 0 Å². The van der Waals surface area contributed by atoms with Gasteiger partial charge in [-0.3, -0.25) is 0 Å². The normalized spacial score (nSPS) is 12.2. The van der Waals surface area contributed by atoms with E-state index in [-0.39, 0.29) is 6.04 Å². The van der Waals surface area contributed by atoms with E-state index >= 15 is 0 Å². The molecule has 0 spiro atoms. The number of hydrogen-bond acceptors (Lipinski definition) is 4. The van der Waals surface area contributed by atoms with Crippen LogP contribution in [0.4, 0.5) is 0 Å². The molecule has 4 heteroatoms. The van der Waals surface area contributed by atoms with Crippen LogP contribution in [0, 0.1) is 13.8 Å². The molecule has 1 heterocycles. The van der Waals surface area contributed by atoms with Gasteiger partial charge in [0.15, 0.2) is 0 Å². The number of rotatable bonds is 5. The highest BCUT2D eigenvalue weighted by molar-refractivity contribution is 5.37. The maximum absolute atomic E-state index is 5.06. The lowest BCUT2D eigenvalue weighted by Gasteiger charge is -2.20. The number of nitrogens with one attached hydrogen (secondary N) is 1. The molecule has 0 fully saturated rings. The first-order valence-electron chi connectivity index (χ1n) is 6.83. The van der Waals surface area contributed by atoms with Gasteiger partial charge >= 0.3 is 0 Å². The SMILES string of the molecule is CCNC(c1ccc(OC)nn1)c1ccc(C)cc1C. The second-order valence-electron chi connectivity index (χ2n) is 4.85. The lowest BCUT2D eigenvalue weighted by atomic mass is 9.97. The Bertz CT molecular complexity index is 566. The van der Waals surface area contributed by atoms with Crippen molar-refractivity contribution in [2.24, 2.45) is 0 Å².